The Hall–Kier alpha value is -3.06. The summed E-state index contributed by atoms with van der Waals surface area (Å²) in [6.07, 6.45) is 0. The van der Waals surface area contributed by atoms with Crippen molar-refractivity contribution in [2.24, 2.45) is 0 Å². The number of imide groups is 1. The van der Waals surface area contributed by atoms with Gasteiger partial charge in [-0.2, -0.15) is 0 Å². The average molecular weight is 383 g/mol. The zero-order valence-electron chi connectivity index (χ0n) is 15.4. The van der Waals surface area contributed by atoms with E-state index in [0.717, 1.165) is 30.1 Å². The molecule has 1 saturated heterocycles. The summed E-state index contributed by atoms with van der Waals surface area (Å²) in [4.78, 5) is 31.3. The molecule has 2 aliphatic heterocycles. The van der Waals surface area contributed by atoms with Crippen molar-refractivity contribution >= 4 is 23.1 Å². The maximum atomic E-state index is 14.4. The molecule has 1 fully saturated rings. The fourth-order valence-corrected chi connectivity index (χ4v) is 3.59. The lowest BCUT2D eigenvalue weighted by Crippen LogP contribution is -2.46. The summed E-state index contributed by atoms with van der Waals surface area (Å²) < 4.78 is 27.7. The fourth-order valence-electron chi connectivity index (χ4n) is 3.59. The number of carbonyl (C=O) groups excluding carboxylic acids is 2. The Bertz CT molecular complexity index is 967. The first-order chi connectivity index (χ1) is 13.5. The Kier molecular flexibility index (Phi) is 4.68. The maximum absolute atomic E-state index is 14.4. The standard InChI is InChI=1S/C21H19F2N3O2/c1-24-9-11-25(12-10-24)19-18(14-5-3-2-4-6-14)20(27)26(21(19)28)17-8-7-15(22)13-16(17)23/h2-8,13H,9-12H2,1H3. The number of piperazine rings is 1. The van der Waals surface area contributed by atoms with Crippen LogP contribution in [0.2, 0.25) is 0 Å². The Labute approximate surface area is 161 Å². The highest BCUT2D eigenvalue weighted by molar-refractivity contribution is 6.45. The molecule has 0 N–H and O–H groups in total. The van der Waals surface area contributed by atoms with E-state index in [4.69, 9.17) is 0 Å². The fraction of sp³-hybridized carbons (Fsp3) is 0.238. The zero-order chi connectivity index (χ0) is 19.8. The predicted molar refractivity (Wildman–Crippen MR) is 101 cm³/mol. The highest BCUT2D eigenvalue weighted by Gasteiger charge is 2.43. The lowest BCUT2D eigenvalue weighted by molar-refractivity contribution is -0.120. The number of rotatable bonds is 3. The summed E-state index contributed by atoms with van der Waals surface area (Å²) in [6, 6.07) is 11.7. The van der Waals surface area contributed by atoms with Gasteiger partial charge in [-0.05, 0) is 24.7 Å². The Morgan fingerprint density at radius 3 is 2.18 bits per heavy atom. The van der Waals surface area contributed by atoms with Gasteiger partial charge in [-0.1, -0.05) is 30.3 Å². The van der Waals surface area contributed by atoms with Gasteiger partial charge in [0.25, 0.3) is 11.8 Å². The summed E-state index contributed by atoms with van der Waals surface area (Å²) in [5.41, 5.74) is 0.876. The minimum absolute atomic E-state index is 0.242. The highest BCUT2D eigenvalue weighted by atomic mass is 19.1. The van der Waals surface area contributed by atoms with Crippen molar-refractivity contribution in [3.05, 3.63) is 71.4 Å². The zero-order valence-corrected chi connectivity index (χ0v) is 15.4. The van der Waals surface area contributed by atoms with Gasteiger partial charge in [0.2, 0.25) is 0 Å². The molecule has 2 heterocycles. The van der Waals surface area contributed by atoms with Gasteiger partial charge < -0.3 is 9.80 Å². The molecule has 0 aliphatic carbocycles. The molecule has 7 heteroatoms. The molecule has 144 valence electrons. The summed E-state index contributed by atoms with van der Waals surface area (Å²) in [7, 11) is 1.99. The topological polar surface area (TPSA) is 43.9 Å². The molecule has 0 unspecified atom stereocenters. The smallest absolute Gasteiger partial charge is 0.282 e. The minimum atomic E-state index is -0.950. The first-order valence-corrected chi connectivity index (χ1v) is 9.04. The van der Waals surface area contributed by atoms with Crippen molar-refractivity contribution in [1.82, 2.24) is 9.80 Å². The number of amides is 2. The van der Waals surface area contributed by atoms with Crippen LogP contribution in [-0.2, 0) is 9.59 Å². The van der Waals surface area contributed by atoms with Gasteiger partial charge in [-0.25, -0.2) is 13.7 Å². The molecule has 2 aliphatic rings. The van der Waals surface area contributed by atoms with Crippen molar-refractivity contribution < 1.29 is 18.4 Å². The van der Waals surface area contributed by atoms with Crippen LogP contribution in [0.15, 0.2) is 54.2 Å². The molecule has 28 heavy (non-hydrogen) atoms. The van der Waals surface area contributed by atoms with E-state index < -0.39 is 23.4 Å². The third-order valence-corrected chi connectivity index (χ3v) is 5.09. The molecule has 0 bridgehead atoms. The molecule has 5 nitrogen and oxygen atoms in total. The van der Waals surface area contributed by atoms with Crippen LogP contribution in [0.4, 0.5) is 14.5 Å². The molecule has 0 atom stereocenters. The molecule has 2 amide bonds. The van der Waals surface area contributed by atoms with E-state index in [2.05, 4.69) is 4.90 Å². The summed E-state index contributed by atoms with van der Waals surface area (Å²) in [5, 5.41) is 0. The minimum Gasteiger partial charge on any atom is -0.364 e. The number of halogens is 2. The van der Waals surface area contributed by atoms with Crippen molar-refractivity contribution in [2.75, 3.05) is 38.1 Å². The first kappa shape index (κ1) is 18.3. The van der Waals surface area contributed by atoms with E-state index in [1.807, 2.05) is 18.0 Å². The number of carbonyl (C=O) groups is 2. The monoisotopic (exact) mass is 383 g/mol. The second-order valence-electron chi connectivity index (χ2n) is 6.92. The molecule has 0 aromatic heterocycles. The molecular formula is C21H19F2N3O2. The summed E-state index contributed by atoms with van der Waals surface area (Å²) >= 11 is 0. The van der Waals surface area contributed by atoms with E-state index in [0.29, 0.717) is 24.7 Å². The largest absolute Gasteiger partial charge is 0.364 e. The number of benzene rings is 2. The van der Waals surface area contributed by atoms with Gasteiger partial charge in [0.15, 0.2) is 0 Å². The molecule has 0 spiro atoms. The number of hydrogen-bond acceptors (Lipinski definition) is 4. The third-order valence-electron chi connectivity index (χ3n) is 5.09. The number of anilines is 1. The predicted octanol–water partition coefficient (Wildman–Crippen LogP) is 2.50. The van der Waals surface area contributed by atoms with Gasteiger partial charge in [-0.15, -0.1) is 0 Å². The van der Waals surface area contributed by atoms with Crippen LogP contribution in [-0.4, -0.2) is 54.8 Å². The Balaban J connectivity index is 1.82. The number of likely N-dealkylation sites (N-methyl/N-ethyl adjacent to an activating group) is 1. The average Bonchev–Trinajstić information content (AvgIpc) is 2.94. The van der Waals surface area contributed by atoms with E-state index in [9.17, 15) is 18.4 Å². The normalized spacial score (nSPS) is 18.4. The lowest BCUT2D eigenvalue weighted by atomic mass is 10.0. The Morgan fingerprint density at radius 2 is 1.54 bits per heavy atom. The van der Waals surface area contributed by atoms with Crippen molar-refractivity contribution in [1.29, 1.82) is 0 Å². The van der Waals surface area contributed by atoms with Crippen LogP contribution in [0.1, 0.15) is 5.56 Å². The second-order valence-corrected chi connectivity index (χ2v) is 6.92. The quantitative estimate of drug-likeness (QED) is 0.764. The van der Waals surface area contributed by atoms with E-state index in [1.54, 1.807) is 24.3 Å². The van der Waals surface area contributed by atoms with Gasteiger partial charge in [0.1, 0.15) is 17.3 Å². The Morgan fingerprint density at radius 1 is 0.857 bits per heavy atom. The van der Waals surface area contributed by atoms with Crippen LogP contribution < -0.4 is 4.90 Å². The van der Waals surface area contributed by atoms with Gasteiger partial charge in [0, 0.05) is 32.2 Å². The van der Waals surface area contributed by atoms with E-state index in [1.165, 1.54) is 0 Å². The lowest BCUT2D eigenvalue weighted by Gasteiger charge is -2.34. The summed E-state index contributed by atoms with van der Waals surface area (Å²) in [6.45, 7) is 2.66. The SMILES string of the molecule is CN1CCN(C2=C(c3ccccc3)C(=O)N(c3ccc(F)cc3F)C2=O)CC1. The van der Waals surface area contributed by atoms with Crippen molar-refractivity contribution in [2.45, 2.75) is 0 Å². The molecule has 2 aromatic rings. The molecule has 0 radical (unpaired) electrons. The maximum Gasteiger partial charge on any atom is 0.282 e. The van der Waals surface area contributed by atoms with Gasteiger partial charge in [-0.3, -0.25) is 9.59 Å². The van der Waals surface area contributed by atoms with Crippen LogP contribution in [0.5, 0.6) is 0 Å². The third kappa shape index (κ3) is 3.07. The van der Waals surface area contributed by atoms with Crippen LogP contribution in [0.3, 0.4) is 0 Å². The number of nitrogens with zero attached hydrogens (tertiary/aromatic N) is 3. The molecule has 0 saturated carbocycles. The number of hydrogen-bond donors (Lipinski definition) is 0. The van der Waals surface area contributed by atoms with Crippen LogP contribution in [0.25, 0.3) is 5.57 Å². The second kappa shape index (κ2) is 7.16. The van der Waals surface area contributed by atoms with Crippen molar-refractivity contribution in [3.8, 4) is 0 Å². The molecule has 2 aromatic carbocycles. The van der Waals surface area contributed by atoms with Gasteiger partial charge >= 0.3 is 0 Å². The van der Waals surface area contributed by atoms with Crippen LogP contribution >= 0.6 is 0 Å². The summed E-state index contributed by atoms with van der Waals surface area (Å²) in [5.74, 6) is -2.90. The first-order valence-electron chi connectivity index (χ1n) is 9.04. The van der Waals surface area contributed by atoms with Crippen LogP contribution in [0, 0.1) is 11.6 Å². The molecular weight excluding hydrogens is 364 g/mol. The highest BCUT2D eigenvalue weighted by Crippen LogP contribution is 2.36. The molecule has 4 rings (SSSR count). The van der Waals surface area contributed by atoms with E-state index in [-0.39, 0.29) is 17.0 Å². The van der Waals surface area contributed by atoms with E-state index >= 15 is 0 Å². The van der Waals surface area contributed by atoms with Gasteiger partial charge in [0.05, 0.1) is 11.3 Å². The van der Waals surface area contributed by atoms with Crippen molar-refractivity contribution in [3.63, 3.8) is 0 Å².